The minimum atomic E-state index is 0.356. The Labute approximate surface area is 97.7 Å². The van der Waals surface area contributed by atoms with Crippen molar-refractivity contribution in [1.29, 1.82) is 0 Å². The van der Waals surface area contributed by atoms with Gasteiger partial charge in [-0.25, -0.2) is 0 Å². The van der Waals surface area contributed by atoms with Crippen LogP contribution in [0.1, 0.15) is 46.0 Å². The molecule has 1 rings (SSSR count). The van der Waals surface area contributed by atoms with Gasteiger partial charge in [0.2, 0.25) is 0 Å². The molecule has 2 N–H and O–H groups in total. The highest BCUT2D eigenvalue weighted by Gasteiger charge is 2.10. The second-order valence-electron chi connectivity index (χ2n) is 4.42. The minimum absolute atomic E-state index is 0.356. The monoisotopic (exact) mass is 227 g/mol. The second kappa shape index (κ2) is 6.77. The highest BCUT2D eigenvalue weighted by Crippen LogP contribution is 2.21. The van der Waals surface area contributed by atoms with Crippen molar-refractivity contribution in [1.82, 2.24) is 10.7 Å². The van der Waals surface area contributed by atoms with E-state index in [0.29, 0.717) is 17.1 Å². The standard InChI is InChI=1S/C11H21N3S/c1-9(2)13-11(15)14-12-8-10-6-4-3-5-7-10/h8-10H,3-7H2,1-2H3,(H2,13,14,15). The molecule has 15 heavy (non-hydrogen) atoms. The van der Waals surface area contributed by atoms with Gasteiger partial charge in [-0.15, -0.1) is 0 Å². The maximum Gasteiger partial charge on any atom is 0.187 e. The number of hydrogen-bond acceptors (Lipinski definition) is 2. The molecule has 0 aromatic carbocycles. The maximum atomic E-state index is 5.06. The lowest BCUT2D eigenvalue weighted by Gasteiger charge is -2.17. The van der Waals surface area contributed by atoms with Gasteiger partial charge in [0.25, 0.3) is 0 Å². The predicted octanol–water partition coefficient (Wildman–Crippen LogP) is 2.43. The van der Waals surface area contributed by atoms with E-state index in [-0.39, 0.29) is 0 Å². The van der Waals surface area contributed by atoms with E-state index in [4.69, 9.17) is 12.2 Å². The van der Waals surface area contributed by atoms with Crippen molar-refractivity contribution in [3.63, 3.8) is 0 Å². The third kappa shape index (κ3) is 5.72. The van der Waals surface area contributed by atoms with Crippen molar-refractivity contribution in [3.05, 3.63) is 0 Å². The minimum Gasteiger partial charge on any atom is -0.359 e. The molecule has 0 aromatic rings. The van der Waals surface area contributed by atoms with Crippen molar-refractivity contribution < 1.29 is 0 Å². The summed E-state index contributed by atoms with van der Waals surface area (Å²) in [7, 11) is 0. The molecule has 0 saturated heterocycles. The van der Waals surface area contributed by atoms with Gasteiger partial charge in [-0.2, -0.15) is 5.10 Å². The summed E-state index contributed by atoms with van der Waals surface area (Å²) in [4.78, 5) is 0. The number of nitrogens with one attached hydrogen (secondary N) is 2. The van der Waals surface area contributed by atoms with E-state index in [1.165, 1.54) is 32.1 Å². The highest BCUT2D eigenvalue weighted by molar-refractivity contribution is 7.80. The Hall–Kier alpha value is -0.640. The van der Waals surface area contributed by atoms with Crippen LogP contribution in [0, 0.1) is 5.92 Å². The zero-order valence-electron chi connectivity index (χ0n) is 9.62. The van der Waals surface area contributed by atoms with E-state index in [2.05, 4.69) is 29.7 Å². The molecule has 0 amide bonds. The fourth-order valence-electron chi connectivity index (χ4n) is 1.78. The smallest absolute Gasteiger partial charge is 0.187 e. The Morgan fingerprint density at radius 3 is 2.60 bits per heavy atom. The number of nitrogens with zero attached hydrogens (tertiary/aromatic N) is 1. The Morgan fingerprint density at radius 1 is 1.33 bits per heavy atom. The number of hydrazone groups is 1. The van der Waals surface area contributed by atoms with Gasteiger partial charge < -0.3 is 5.32 Å². The Bertz CT molecular complexity index is 220. The molecule has 0 unspecified atom stereocenters. The average Bonchev–Trinajstić information content (AvgIpc) is 2.18. The summed E-state index contributed by atoms with van der Waals surface area (Å²) in [5.41, 5.74) is 2.85. The molecule has 86 valence electrons. The van der Waals surface area contributed by atoms with Gasteiger partial charge in [-0.1, -0.05) is 19.3 Å². The molecule has 1 fully saturated rings. The van der Waals surface area contributed by atoms with Crippen LogP contribution >= 0.6 is 12.2 Å². The Balaban J connectivity index is 2.17. The van der Waals surface area contributed by atoms with Gasteiger partial charge in [0, 0.05) is 12.3 Å². The molecule has 0 aliphatic heterocycles. The summed E-state index contributed by atoms with van der Waals surface area (Å²) >= 11 is 5.06. The van der Waals surface area contributed by atoms with Crippen molar-refractivity contribution >= 4 is 23.5 Å². The largest absolute Gasteiger partial charge is 0.359 e. The molecule has 1 aliphatic rings. The first-order valence-corrected chi connectivity index (χ1v) is 6.19. The number of hydrogen-bond donors (Lipinski definition) is 2. The first kappa shape index (κ1) is 12.4. The fraction of sp³-hybridized carbons (Fsp3) is 0.818. The molecule has 0 atom stereocenters. The first-order chi connectivity index (χ1) is 7.18. The van der Waals surface area contributed by atoms with Gasteiger partial charge in [-0.05, 0) is 44.8 Å². The lowest BCUT2D eigenvalue weighted by atomic mass is 9.90. The summed E-state index contributed by atoms with van der Waals surface area (Å²) in [5, 5.41) is 7.86. The summed E-state index contributed by atoms with van der Waals surface area (Å²) in [6.07, 6.45) is 8.61. The Morgan fingerprint density at radius 2 is 2.00 bits per heavy atom. The molecule has 0 spiro atoms. The SMILES string of the molecule is CC(C)NC(=S)NN=CC1CCCCC1. The van der Waals surface area contributed by atoms with Crippen molar-refractivity contribution in [3.8, 4) is 0 Å². The third-order valence-electron chi connectivity index (χ3n) is 2.52. The molecule has 4 heteroatoms. The summed E-state index contributed by atoms with van der Waals surface area (Å²) in [6, 6.07) is 0.356. The van der Waals surface area contributed by atoms with Gasteiger partial charge >= 0.3 is 0 Å². The molecular formula is C11H21N3S. The van der Waals surface area contributed by atoms with Crippen molar-refractivity contribution in [2.75, 3.05) is 0 Å². The molecule has 1 saturated carbocycles. The van der Waals surface area contributed by atoms with Gasteiger partial charge in [0.05, 0.1) is 0 Å². The van der Waals surface area contributed by atoms with Crippen molar-refractivity contribution in [2.45, 2.75) is 52.0 Å². The summed E-state index contributed by atoms with van der Waals surface area (Å²) < 4.78 is 0. The van der Waals surface area contributed by atoms with E-state index in [0.717, 1.165) is 0 Å². The highest BCUT2D eigenvalue weighted by atomic mass is 32.1. The van der Waals surface area contributed by atoms with E-state index >= 15 is 0 Å². The molecule has 0 aromatic heterocycles. The van der Waals surface area contributed by atoms with E-state index in [1.54, 1.807) is 0 Å². The van der Waals surface area contributed by atoms with Crippen LogP contribution in [0.4, 0.5) is 0 Å². The number of rotatable bonds is 3. The van der Waals surface area contributed by atoms with E-state index < -0.39 is 0 Å². The predicted molar refractivity (Wildman–Crippen MR) is 69.1 cm³/mol. The quantitative estimate of drug-likeness (QED) is 0.442. The summed E-state index contributed by atoms with van der Waals surface area (Å²) in [6.45, 7) is 4.11. The topological polar surface area (TPSA) is 36.4 Å². The molecular weight excluding hydrogens is 206 g/mol. The van der Waals surface area contributed by atoms with Crippen LogP contribution in [0.3, 0.4) is 0 Å². The zero-order chi connectivity index (χ0) is 11.1. The van der Waals surface area contributed by atoms with Crippen LogP contribution in [0.2, 0.25) is 0 Å². The van der Waals surface area contributed by atoms with Crippen LogP contribution < -0.4 is 10.7 Å². The lowest BCUT2D eigenvalue weighted by molar-refractivity contribution is 0.444. The van der Waals surface area contributed by atoms with Crippen LogP contribution in [0.25, 0.3) is 0 Å². The Kier molecular flexibility index (Phi) is 5.61. The molecule has 0 bridgehead atoms. The maximum absolute atomic E-state index is 5.06. The molecule has 0 heterocycles. The first-order valence-electron chi connectivity index (χ1n) is 5.78. The fourth-order valence-corrected chi connectivity index (χ4v) is 2.07. The summed E-state index contributed by atoms with van der Waals surface area (Å²) in [5.74, 6) is 0.646. The van der Waals surface area contributed by atoms with Gasteiger partial charge in [-0.3, -0.25) is 5.43 Å². The normalized spacial score (nSPS) is 18.3. The van der Waals surface area contributed by atoms with Crippen LogP contribution in [0.15, 0.2) is 5.10 Å². The van der Waals surface area contributed by atoms with Crippen LogP contribution in [-0.2, 0) is 0 Å². The second-order valence-corrected chi connectivity index (χ2v) is 4.82. The molecule has 0 radical (unpaired) electrons. The van der Waals surface area contributed by atoms with Crippen LogP contribution in [0.5, 0.6) is 0 Å². The zero-order valence-corrected chi connectivity index (χ0v) is 10.4. The van der Waals surface area contributed by atoms with Gasteiger partial charge in [0.1, 0.15) is 0 Å². The number of thiocarbonyl (C=S) groups is 1. The molecule has 3 nitrogen and oxygen atoms in total. The average molecular weight is 227 g/mol. The van der Waals surface area contributed by atoms with Crippen LogP contribution in [-0.4, -0.2) is 17.4 Å². The lowest BCUT2D eigenvalue weighted by Crippen LogP contribution is -2.36. The van der Waals surface area contributed by atoms with Gasteiger partial charge in [0.15, 0.2) is 5.11 Å². The molecule has 1 aliphatic carbocycles. The van der Waals surface area contributed by atoms with E-state index in [9.17, 15) is 0 Å². The van der Waals surface area contributed by atoms with E-state index in [1.807, 2.05) is 6.21 Å². The third-order valence-corrected chi connectivity index (χ3v) is 2.73. The van der Waals surface area contributed by atoms with Crippen molar-refractivity contribution in [2.24, 2.45) is 11.0 Å².